The number of benzene rings is 2. The summed E-state index contributed by atoms with van der Waals surface area (Å²) in [7, 11) is 4.00. The van der Waals surface area contributed by atoms with E-state index in [0.717, 1.165) is 78.1 Å². The average Bonchev–Trinajstić information content (AvgIpc) is 3.49. The fourth-order valence-electron chi connectivity index (χ4n) is 8.65. The highest BCUT2D eigenvalue weighted by molar-refractivity contribution is 6.30. The van der Waals surface area contributed by atoms with Gasteiger partial charge in [-0.2, -0.15) is 0 Å². The predicted octanol–water partition coefficient (Wildman–Crippen LogP) is 4.75. The number of carbonyl (C=O) groups is 1. The average molecular weight is 559 g/mol. The van der Waals surface area contributed by atoms with Crippen molar-refractivity contribution in [1.82, 2.24) is 14.8 Å². The molecule has 3 aromatic rings. The molecular formula is C32H35ClN4O3. The molecule has 40 heavy (non-hydrogen) atoms. The van der Waals surface area contributed by atoms with Gasteiger partial charge in [0, 0.05) is 53.9 Å². The summed E-state index contributed by atoms with van der Waals surface area (Å²) >= 11 is 6.23. The van der Waals surface area contributed by atoms with Crippen LogP contribution in [0, 0.1) is 12.8 Å². The number of carbonyl (C=O) groups excluding carboxylic acids is 1. The first kappa shape index (κ1) is 24.6. The third-order valence-electron chi connectivity index (χ3n) is 10.6. The second-order valence-corrected chi connectivity index (χ2v) is 12.7. The molecule has 5 aliphatic rings. The van der Waals surface area contributed by atoms with E-state index < -0.39 is 0 Å². The number of nitrogens with one attached hydrogen (secondary N) is 1. The van der Waals surface area contributed by atoms with Crippen LogP contribution >= 0.6 is 11.6 Å². The Balaban J connectivity index is 1.14. The Hall–Kier alpha value is -3.16. The highest BCUT2D eigenvalue weighted by Crippen LogP contribution is 2.67. The molecule has 4 atom stereocenters. The van der Waals surface area contributed by atoms with Gasteiger partial charge in [-0.1, -0.05) is 23.7 Å². The Bertz CT molecular complexity index is 1540. The number of anilines is 1. The van der Waals surface area contributed by atoms with E-state index >= 15 is 0 Å². The van der Waals surface area contributed by atoms with Gasteiger partial charge in [-0.25, -0.2) is 0 Å². The summed E-state index contributed by atoms with van der Waals surface area (Å²) in [6, 6.07) is 12.7. The normalized spacial score (nSPS) is 28.1. The SMILES string of the molecule is COc1ccc2c3c1O[C@H]1c4[nH]c(C(=O)N5CCN(c6cccc(Cl)c6)CC5)c(C)c4CC4[C@@H](C2)N(C)CC[C@@]341. The van der Waals surface area contributed by atoms with Crippen molar-refractivity contribution in [3.63, 3.8) is 0 Å². The fourth-order valence-corrected chi connectivity index (χ4v) is 8.83. The van der Waals surface area contributed by atoms with E-state index in [1.807, 2.05) is 23.1 Å². The number of hydrogen-bond acceptors (Lipinski definition) is 5. The standard InChI is InChI=1S/C32H35ClN4O3/c1-18-22-17-23-24-15-19-7-8-25(39-3)29-26(19)32(23,9-10-35(24)2)30(40-29)28(22)34-27(18)31(38)37-13-11-36(12-14-37)21-6-4-5-20(33)16-21/h4-8,16,23-24,30,34H,9-15,17H2,1-3H3/t23?,24-,30+,32+/m1/s1. The Morgan fingerprint density at radius 2 is 1.95 bits per heavy atom. The zero-order valence-corrected chi connectivity index (χ0v) is 24.1. The van der Waals surface area contributed by atoms with Gasteiger partial charge in [0.25, 0.3) is 5.91 Å². The van der Waals surface area contributed by atoms with E-state index in [4.69, 9.17) is 21.1 Å². The van der Waals surface area contributed by atoms with Crippen LogP contribution in [0.15, 0.2) is 36.4 Å². The molecule has 2 bridgehead atoms. The summed E-state index contributed by atoms with van der Waals surface area (Å²) in [5.74, 6) is 2.27. The van der Waals surface area contributed by atoms with Crippen molar-refractivity contribution in [2.75, 3.05) is 51.8 Å². The Morgan fingerprint density at radius 3 is 2.73 bits per heavy atom. The topological polar surface area (TPSA) is 61.0 Å². The van der Waals surface area contributed by atoms with Crippen LogP contribution in [0.25, 0.3) is 0 Å². The molecule has 3 aliphatic heterocycles. The van der Waals surface area contributed by atoms with Crippen LogP contribution < -0.4 is 14.4 Å². The Morgan fingerprint density at radius 1 is 1.12 bits per heavy atom. The summed E-state index contributed by atoms with van der Waals surface area (Å²) < 4.78 is 12.7. The molecule has 4 heterocycles. The first-order valence-electron chi connectivity index (χ1n) is 14.5. The second-order valence-electron chi connectivity index (χ2n) is 12.3. The minimum Gasteiger partial charge on any atom is -0.493 e. The van der Waals surface area contributed by atoms with Gasteiger partial charge in [0.1, 0.15) is 11.8 Å². The van der Waals surface area contributed by atoms with E-state index in [2.05, 4.69) is 47.0 Å². The molecule has 1 aromatic heterocycles. The molecule has 2 aliphatic carbocycles. The number of likely N-dealkylation sites (N-methyl/N-ethyl adjacent to an activating group) is 1. The van der Waals surface area contributed by atoms with Gasteiger partial charge in [-0.15, -0.1) is 0 Å². The number of methoxy groups -OCH3 is 1. The lowest BCUT2D eigenvalue weighted by Gasteiger charge is -2.57. The van der Waals surface area contributed by atoms with Gasteiger partial charge in [-0.3, -0.25) is 4.79 Å². The van der Waals surface area contributed by atoms with Crippen LogP contribution in [-0.2, 0) is 18.3 Å². The number of H-pyrrole nitrogens is 1. The van der Waals surface area contributed by atoms with E-state index in [-0.39, 0.29) is 17.4 Å². The number of aromatic nitrogens is 1. The van der Waals surface area contributed by atoms with E-state index in [1.165, 1.54) is 16.7 Å². The highest BCUT2D eigenvalue weighted by atomic mass is 35.5. The number of amides is 1. The van der Waals surface area contributed by atoms with Crippen molar-refractivity contribution >= 4 is 23.2 Å². The largest absolute Gasteiger partial charge is 0.493 e. The van der Waals surface area contributed by atoms with E-state index in [9.17, 15) is 4.79 Å². The lowest BCUT2D eigenvalue weighted by Crippen LogP contribution is -2.62. The van der Waals surface area contributed by atoms with Gasteiger partial charge in [0.15, 0.2) is 11.5 Å². The lowest BCUT2D eigenvalue weighted by molar-refractivity contribution is -0.0256. The maximum absolute atomic E-state index is 14.0. The van der Waals surface area contributed by atoms with Crippen molar-refractivity contribution in [2.24, 2.45) is 5.92 Å². The van der Waals surface area contributed by atoms with Crippen molar-refractivity contribution in [1.29, 1.82) is 0 Å². The van der Waals surface area contributed by atoms with Gasteiger partial charge >= 0.3 is 0 Å². The van der Waals surface area contributed by atoms with Crippen LogP contribution in [0.3, 0.4) is 0 Å². The molecule has 8 rings (SSSR count). The first-order valence-corrected chi connectivity index (χ1v) is 14.9. The van der Waals surface area contributed by atoms with E-state index in [1.54, 1.807) is 7.11 Å². The zero-order chi connectivity index (χ0) is 27.3. The number of likely N-dealkylation sites (tertiary alicyclic amines) is 1. The Labute approximate surface area is 240 Å². The smallest absolute Gasteiger partial charge is 0.270 e. The molecule has 0 radical (unpaired) electrons. The van der Waals surface area contributed by atoms with Crippen LogP contribution in [-0.4, -0.2) is 73.6 Å². The second kappa shape index (κ2) is 8.67. The maximum atomic E-state index is 14.0. The van der Waals surface area contributed by atoms with Crippen molar-refractivity contribution in [2.45, 2.75) is 43.7 Å². The minimum atomic E-state index is -0.122. The lowest BCUT2D eigenvalue weighted by atomic mass is 9.51. The number of piperidine rings is 1. The number of fused-ring (bicyclic) bond motifs is 2. The fraction of sp³-hybridized carbons (Fsp3) is 0.469. The molecule has 8 heteroatoms. The number of aromatic amines is 1. The Kier molecular flexibility index (Phi) is 5.34. The first-order chi connectivity index (χ1) is 19.4. The molecule has 208 valence electrons. The monoisotopic (exact) mass is 558 g/mol. The molecule has 7 nitrogen and oxygen atoms in total. The van der Waals surface area contributed by atoms with E-state index in [0.29, 0.717) is 25.0 Å². The summed E-state index contributed by atoms with van der Waals surface area (Å²) in [6.45, 7) is 6.11. The number of piperazine rings is 1. The summed E-state index contributed by atoms with van der Waals surface area (Å²) in [4.78, 5) is 24.5. The van der Waals surface area contributed by atoms with Gasteiger partial charge in [-0.05, 0) is 86.7 Å². The van der Waals surface area contributed by atoms with Crippen LogP contribution in [0.2, 0.25) is 5.02 Å². The molecular weight excluding hydrogens is 524 g/mol. The molecule has 1 spiro atoms. The maximum Gasteiger partial charge on any atom is 0.270 e. The minimum absolute atomic E-state index is 0.0815. The third kappa shape index (κ3) is 3.19. The van der Waals surface area contributed by atoms with Crippen LogP contribution in [0.1, 0.15) is 51.0 Å². The summed E-state index contributed by atoms with van der Waals surface area (Å²) in [5.41, 5.74) is 7.99. The van der Waals surface area contributed by atoms with Gasteiger partial charge < -0.3 is 29.2 Å². The molecule has 0 saturated carbocycles. The number of nitrogens with zero attached hydrogens (tertiary/aromatic N) is 3. The van der Waals surface area contributed by atoms with Crippen LogP contribution in [0.5, 0.6) is 11.5 Å². The number of halogens is 1. The van der Waals surface area contributed by atoms with Gasteiger partial charge in [0.2, 0.25) is 0 Å². The number of ether oxygens (including phenoxy) is 2. The van der Waals surface area contributed by atoms with Crippen molar-refractivity contribution in [3.8, 4) is 11.5 Å². The quantitative estimate of drug-likeness (QED) is 0.503. The highest BCUT2D eigenvalue weighted by Gasteiger charge is 2.65. The summed E-state index contributed by atoms with van der Waals surface area (Å²) in [6.07, 6.45) is 2.93. The zero-order valence-electron chi connectivity index (χ0n) is 23.3. The molecule has 2 fully saturated rings. The molecule has 1 unspecified atom stereocenters. The summed E-state index contributed by atoms with van der Waals surface area (Å²) in [5, 5.41) is 0.736. The van der Waals surface area contributed by atoms with Crippen molar-refractivity contribution < 1.29 is 14.3 Å². The number of rotatable bonds is 3. The third-order valence-corrected chi connectivity index (χ3v) is 10.9. The predicted molar refractivity (Wildman–Crippen MR) is 155 cm³/mol. The molecule has 2 aromatic carbocycles. The van der Waals surface area contributed by atoms with Gasteiger partial charge in [0.05, 0.1) is 12.8 Å². The number of hydrogen-bond donors (Lipinski definition) is 1. The van der Waals surface area contributed by atoms with Crippen molar-refractivity contribution in [3.05, 3.63) is 75.1 Å². The molecule has 1 N–H and O–H groups in total. The molecule has 1 amide bonds. The molecule has 2 saturated heterocycles. The van der Waals surface area contributed by atoms with Crippen LogP contribution in [0.4, 0.5) is 5.69 Å².